The summed E-state index contributed by atoms with van der Waals surface area (Å²) in [6.07, 6.45) is 1.02. The fourth-order valence-electron chi connectivity index (χ4n) is 2.17. The van der Waals surface area contributed by atoms with Gasteiger partial charge in [0.2, 0.25) is 0 Å². The second-order valence-electron chi connectivity index (χ2n) is 5.07. The highest BCUT2D eigenvalue weighted by atomic mass is 16.5. The molecule has 0 heterocycles. The average molecular weight is 313 g/mol. The van der Waals surface area contributed by atoms with Crippen LogP contribution in [0.2, 0.25) is 0 Å². The van der Waals surface area contributed by atoms with Crippen LogP contribution in [0.15, 0.2) is 47.5 Å². The quantitative estimate of drug-likeness (QED) is 0.635. The third kappa shape index (κ3) is 4.64. The fraction of sp³-hybridized carbons (Fsp3) is 0.278. The van der Waals surface area contributed by atoms with Crippen molar-refractivity contribution in [2.75, 3.05) is 19.5 Å². The van der Waals surface area contributed by atoms with E-state index in [1.54, 1.807) is 14.2 Å². The van der Waals surface area contributed by atoms with Gasteiger partial charge < -0.3 is 20.5 Å². The van der Waals surface area contributed by atoms with Gasteiger partial charge in [-0.2, -0.15) is 0 Å². The summed E-state index contributed by atoms with van der Waals surface area (Å²) in [4.78, 5) is 4.35. The van der Waals surface area contributed by atoms with Crippen LogP contribution in [0.3, 0.4) is 0 Å². The number of benzene rings is 2. The molecule has 0 aliphatic heterocycles. The van der Waals surface area contributed by atoms with E-state index in [9.17, 15) is 0 Å². The zero-order chi connectivity index (χ0) is 16.7. The molecule has 0 aromatic heterocycles. The van der Waals surface area contributed by atoms with E-state index in [0.29, 0.717) is 24.0 Å². The van der Waals surface area contributed by atoms with Crippen LogP contribution in [-0.4, -0.2) is 20.2 Å². The number of aryl methyl sites for hydroxylation is 1. The van der Waals surface area contributed by atoms with Gasteiger partial charge >= 0.3 is 0 Å². The number of rotatable bonds is 6. The minimum absolute atomic E-state index is 0.379. The molecule has 122 valence electrons. The van der Waals surface area contributed by atoms with Gasteiger partial charge in [0.15, 0.2) is 17.5 Å². The van der Waals surface area contributed by atoms with Crippen LogP contribution in [-0.2, 0) is 13.0 Å². The molecule has 23 heavy (non-hydrogen) atoms. The standard InChI is InChI=1S/C18H23N3O2/c1-4-13-5-8-15(9-6-13)21-18(19)20-12-14-7-10-16(22-2)17(11-14)23-3/h5-11H,4,12H2,1-3H3,(H3,19,20,21). The van der Waals surface area contributed by atoms with Crippen LogP contribution in [0.4, 0.5) is 5.69 Å². The third-order valence-corrected chi connectivity index (χ3v) is 3.51. The number of ether oxygens (including phenoxy) is 2. The minimum atomic E-state index is 0.379. The number of hydrogen-bond donors (Lipinski definition) is 2. The highest BCUT2D eigenvalue weighted by Gasteiger charge is 2.04. The van der Waals surface area contributed by atoms with E-state index >= 15 is 0 Å². The van der Waals surface area contributed by atoms with Crippen molar-refractivity contribution in [2.45, 2.75) is 19.9 Å². The van der Waals surface area contributed by atoms with Crippen LogP contribution in [0.25, 0.3) is 0 Å². The largest absolute Gasteiger partial charge is 0.493 e. The van der Waals surface area contributed by atoms with Gasteiger partial charge in [-0.3, -0.25) is 0 Å². The maximum absolute atomic E-state index is 5.93. The average Bonchev–Trinajstić information content (AvgIpc) is 2.60. The first-order valence-electron chi connectivity index (χ1n) is 7.53. The number of nitrogens with one attached hydrogen (secondary N) is 1. The molecule has 0 bridgehead atoms. The van der Waals surface area contributed by atoms with Crippen LogP contribution in [0, 0.1) is 0 Å². The minimum Gasteiger partial charge on any atom is -0.493 e. The molecule has 2 rings (SSSR count). The Morgan fingerprint density at radius 1 is 1.00 bits per heavy atom. The summed E-state index contributed by atoms with van der Waals surface area (Å²) >= 11 is 0. The van der Waals surface area contributed by atoms with Crippen molar-refractivity contribution in [1.29, 1.82) is 0 Å². The molecule has 0 amide bonds. The first kappa shape index (κ1) is 16.7. The first-order valence-corrected chi connectivity index (χ1v) is 7.53. The lowest BCUT2D eigenvalue weighted by atomic mass is 10.1. The molecule has 0 saturated heterocycles. The first-order chi connectivity index (χ1) is 11.2. The zero-order valence-electron chi connectivity index (χ0n) is 13.8. The summed E-state index contributed by atoms with van der Waals surface area (Å²) in [5, 5.41) is 3.09. The van der Waals surface area contributed by atoms with Crippen molar-refractivity contribution < 1.29 is 9.47 Å². The van der Waals surface area contributed by atoms with E-state index in [-0.39, 0.29) is 0 Å². The number of methoxy groups -OCH3 is 2. The van der Waals surface area contributed by atoms with Gasteiger partial charge in [-0.25, -0.2) is 4.99 Å². The summed E-state index contributed by atoms with van der Waals surface area (Å²) in [6, 6.07) is 13.8. The summed E-state index contributed by atoms with van der Waals surface area (Å²) < 4.78 is 10.5. The second kappa shape index (κ2) is 8.08. The lowest BCUT2D eigenvalue weighted by molar-refractivity contribution is 0.354. The fourth-order valence-corrected chi connectivity index (χ4v) is 2.17. The van der Waals surface area contributed by atoms with Gasteiger partial charge in [-0.05, 0) is 41.8 Å². The van der Waals surface area contributed by atoms with Crippen LogP contribution in [0.5, 0.6) is 11.5 Å². The summed E-state index contributed by atoms with van der Waals surface area (Å²) in [6.45, 7) is 2.59. The van der Waals surface area contributed by atoms with E-state index in [0.717, 1.165) is 17.7 Å². The lowest BCUT2D eigenvalue weighted by Crippen LogP contribution is -2.22. The molecule has 0 saturated carbocycles. The third-order valence-electron chi connectivity index (χ3n) is 3.51. The van der Waals surface area contributed by atoms with Gasteiger partial charge in [0.05, 0.1) is 20.8 Å². The van der Waals surface area contributed by atoms with E-state index in [2.05, 4.69) is 29.4 Å². The molecule has 5 heteroatoms. The topological polar surface area (TPSA) is 68.9 Å². The Kier molecular flexibility index (Phi) is 5.86. The number of nitrogens with zero attached hydrogens (tertiary/aromatic N) is 1. The highest BCUT2D eigenvalue weighted by Crippen LogP contribution is 2.27. The Bertz CT molecular complexity index is 666. The number of hydrogen-bond acceptors (Lipinski definition) is 3. The maximum atomic E-state index is 5.93. The van der Waals surface area contributed by atoms with Crippen molar-refractivity contribution >= 4 is 11.6 Å². The van der Waals surface area contributed by atoms with E-state index < -0.39 is 0 Å². The molecule has 0 aliphatic rings. The number of aliphatic imine (C=N–C) groups is 1. The smallest absolute Gasteiger partial charge is 0.193 e. The van der Waals surface area contributed by atoms with Crippen molar-refractivity contribution in [1.82, 2.24) is 0 Å². The molecule has 0 aliphatic carbocycles. The molecule has 0 fully saturated rings. The van der Waals surface area contributed by atoms with Gasteiger partial charge in [0.1, 0.15) is 0 Å². The van der Waals surface area contributed by atoms with Gasteiger partial charge in [-0.1, -0.05) is 25.1 Å². The predicted octanol–water partition coefficient (Wildman–Crippen LogP) is 3.19. The Labute approximate surface area is 137 Å². The second-order valence-corrected chi connectivity index (χ2v) is 5.07. The van der Waals surface area contributed by atoms with Gasteiger partial charge in [0.25, 0.3) is 0 Å². The molecular weight excluding hydrogens is 290 g/mol. The number of anilines is 1. The molecule has 0 radical (unpaired) electrons. The SMILES string of the molecule is CCc1ccc(NC(N)=NCc2ccc(OC)c(OC)c2)cc1. The predicted molar refractivity (Wildman–Crippen MR) is 94.3 cm³/mol. The number of guanidine groups is 1. The van der Waals surface area contributed by atoms with Crippen molar-refractivity contribution in [3.8, 4) is 11.5 Å². The van der Waals surface area contributed by atoms with E-state index in [4.69, 9.17) is 15.2 Å². The van der Waals surface area contributed by atoms with Crippen molar-refractivity contribution in [2.24, 2.45) is 10.7 Å². The number of nitrogens with two attached hydrogens (primary N) is 1. The Morgan fingerprint density at radius 2 is 1.65 bits per heavy atom. The molecule has 0 spiro atoms. The summed E-state index contributed by atoms with van der Waals surface area (Å²) in [7, 11) is 3.22. The molecule has 2 aromatic rings. The molecule has 2 aromatic carbocycles. The van der Waals surface area contributed by atoms with Gasteiger partial charge in [0, 0.05) is 5.69 Å². The maximum Gasteiger partial charge on any atom is 0.193 e. The Balaban J connectivity index is 2.01. The molecule has 3 N–H and O–H groups in total. The molecular formula is C18H23N3O2. The van der Waals surface area contributed by atoms with Gasteiger partial charge in [-0.15, -0.1) is 0 Å². The van der Waals surface area contributed by atoms with E-state index in [1.165, 1.54) is 5.56 Å². The lowest BCUT2D eigenvalue weighted by Gasteiger charge is -2.09. The summed E-state index contributed by atoms with van der Waals surface area (Å²) in [5.41, 5.74) is 9.14. The van der Waals surface area contributed by atoms with Crippen molar-refractivity contribution in [3.05, 3.63) is 53.6 Å². The van der Waals surface area contributed by atoms with Crippen LogP contribution < -0.4 is 20.5 Å². The van der Waals surface area contributed by atoms with E-state index in [1.807, 2.05) is 30.3 Å². The molecule has 0 atom stereocenters. The van der Waals surface area contributed by atoms with Crippen LogP contribution in [0.1, 0.15) is 18.1 Å². The Hall–Kier alpha value is -2.69. The zero-order valence-corrected chi connectivity index (χ0v) is 13.8. The molecule has 0 unspecified atom stereocenters. The normalized spacial score (nSPS) is 11.2. The molecule has 5 nitrogen and oxygen atoms in total. The highest BCUT2D eigenvalue weighted by molar-refractivity contribution is 5.92. The summed E-state index contributed by atoms with van der Waals surface area (Å²) in [5.74, 6) is 1.76. The Morgan fingerprint density at radius 3 is 2.26 bits per heavy atom. The van der Waals surface area contributed by atoms with Crippen molar-refractivity contribution in [3.63, 3.8) is 0 Å². The monoisotopic (exact) mass is 313 g/mol. The van der Waals surface area contributed by atoms with Crippen LogP contribution >= 0.6 is 0 Å².